The summed E-state index contributed by atoms with van der Waals surface area (Å²) in [5.74, 6) is -0.0826. The van der Waals surface area contributed by atoms with E-state index in [2.05, 4.69) is 5.32 Å². The number of aryl methyl sites for hydroxylation is 1. The summed E-state index contributed by atoms with van der Waals surface area (Å²) in [5, 5.41) is 2.59. The SMILES string of the molecule is CNC(=O)C(Cc1ccccc1C)OC. The molecule has 1 aromatic carbocycles. The molecule has 0 fully saturated rings. The fourth-order valence-corrected chi connectivity index (χ4v) is 1.48. The van der Waals surface area contributed by atoms with E-state index in [-0.39, 0.29) is 5.91 Å². The first-order valence-electron chi connectivity index (χ1n) is 4.98. The van der Waals surface area contributed by atoms with E-state index in [0.717, 1.165) is 5.56 Å². The second kappa shape index (κ2) is 5.51. The van der Waals surface area contributed by atoms with E-state index in [1.807, 2.05) is 31.2 Å². The lowest BCUT2D eigenvalue weighted by atomic mass is 10.0. The van der Waals surface area contributed by atoms with Gasteiger partial charge in [-0.2, -0.15) is 0 Å². The van der Waals surface area contributed by atoms with Gasteiger partial charge in [0.05, 0.1) is 0 Å². The highest BCUT2D eigenvalue weighted by Gasteiger charge is 2.17. The molecule has 1 amide bonds. The second-order valence-corrected chi connectivity index (χ2v) is 3.47. The van der Waals surface area contributed by atoms with Gasteiger partial charge >= 0.3 is 0 Å². The van der Waals surface area contributed by atoms with E-state index in [0.29, 0.717) is 6.42 Å². The zero-order chi connectivity index (χ0) is 11.3. The Morgan fingerprint density at radius 1 is 1.47 bits per heavy atom. The van der Waals surface area contributed by atoms with Crippen molar-refractivity contribution in [2.45, 2.75) is 19.4 Å². The van der Waals surface area contributed by atoms with Gasteiger partial charge in [0.1, 0.15) is 6.10 Å². The van der Waals surface area contributed by atoms with E-state index >= 15 is 0 Å². The van der Waals surface area contributed by atoms with Crippen LogP contribution in [0.1, 0.15) is 11.1 Å². The summed E-state index contributed by atoms with van der Waals surface area (Å²) in [7, 11) is 3.17. The van der Waals surface area contributed by atoms with Crippen LogP contribution in [0, 0.1) is 6.92 Å². The smallest absolute Gasteiger partial charge is 0.249 e. The first kappa shape index (κ1) is 11.7. The molecular formula is C12H17NO2. The number of likely N-dealkylation sites (N-methyl/N-ethyl adjacent to an activating group) is 1. The van der Waals surface area contributed by atoms with Crippen molar-refractivity contribution >= 4 is 5.91 Å². The third-order valence-electron chi connectivity index (χ3n) is 2.49. The van der Waals surface area contributed by atoms with Crippen LogP contribution < -0.4 is 5.32 Å². The highest BCUT2D eigenvalue weighted by Crippen LogP contribution is 2.11. The minimum absolute atomic E-state index is 0.0826. The van der Waals surface area contributed by atoms with E-state index in [1.165, 1.54) is 5.56 Å². The van der Waals surface area contributed by atoms with Gasteiger partial charge in [0.15, 0.2) is 0 Å². The summed E-state index contributed by atoms with van der Waals surface area (Å²) >= 11 is 0. The summed E-state index contributed by atoms with van der Waals surface area (Å²) < 4.78 is 5.15. The minimum Gasteiger partial charge on any atom is -0.371 e. The van der Waals surface area contributed by atoms with Gasteiger partial charge in [-0.25, -0.2) is 0 Å². The van der Waals surface area contributed by atoms with Gasteiger partial charge in [0.25, 0.3) is 0 Å². The number of nitrogens with one attached hydrogen (secondary N) is 1. The number of carbonyl (C=O) groups excluding carboxylic acids is 1. The lowest BCUT2D eigenvalue weighted by Crippen LogP contribution is -2.35. The molecule has 0 aliphatic heterocycles. The molecule has 1 aromatic rings. The molecule has 3 heteroatoms. The first-order valence-corrected chi connectivity index (χ1v) is 4.98. The minimum atomic E-state index is -0.406. The highest BCUT2D eigenvalue weighted by atomic mass is 16.5. The van der Waals surface area contributed by atoms with Gasteiger partial charge in [-0.15, -0.1) is 0 Å². The average molecular weight is 207 g/mol. The van der Waals surface area contributed by atoms with Crippen molar-refractivity contribution < 1.29 is 9.53 Å². The fourth-order valence-electron chi connectivity index (χ4n) is 1.48. The lowest BCUT2D eigenvalue weighted by molar-refractivity contribution is -0.130. The van der Waals surface area contributed by atoms with Crippen LogP contribution in [0.4, 0.5) is 0 Å². The summed E-state index contributed by atoms with van der Waals surface area (Å²) in [6, 6.07) is 8.01. The van der Waals surface area contributed by atoms with Crippen molar-refractivity contribution in [3.8, 4) is 0 Å². The molecule has 1 atom stereocenters. The number of carbonyl (C=O) groups is 1. The summed E-state index contributed by atoms with van der Waals surface area (Å²) in [6.07, 6.45) is 0.208. The van der Waals surface area contributed by atoms with E-state index in [9.17, 15) is 4.79 Å². The molecule has 1 unspecified atom stereocenters. The molecule has 0 heterocycles. The van der Waals surface area contributed by atoms with Crippen molar-refractivity contribution in [3.05, 3.63) is 35.4 Å². The molecule has 0 aromatic heterocycles. The number of ether oxygens (including phenoxy) is 1. The van der Waals surface area contributed by atoms with Gasteiger partial charge < -0.3 is 10.1 Å². The van der Waals surface area contributed by atoms with E-state index in [1.54, 1.807) is 14.2 Å². The molecule has 1 N–H and O–H groups in total. The molecule has 0 bridgehead atoms. The molecule has 0 saturated heterocycles. The zero-order valence-corrected chi connectivity index (χ0v) is 9.41. The van der Waals surface area contributed by atoms with Gasteiger partial charge in [0.2, 0.25) is 5.91 Å². The Labute approximate surface area is 90.4 Å². The van der Waals surface area contributed by atoms with Gasteiger partial charge in [-0.05, 0) is 18.1 Å². The predicted octanol–water partition coefficient (Wildman–Crippen LogP) is 1.30. The maximum Gasteiger partial charge on any atom is 0.249 e. The van der Waals surface area contributed by atoms with Crippen molar-refractivity contribution in [3.63, 3.8) is 0 Å². The topological polar surface area (TPSA) is 38.3 Å². The molecule has 15 heavy (non-hydrogen) atoms. The number of amides is 1. The number of methoxy groups -OCH3 is 1. The van der Waals surface area contributed by atoms with E-state index < -0.39 is 6.10 Å². The van der Waals surface area contributed by atoms with Crippen LogP contribution >= 0.6 is 0 Å². The van der Waals surface area contributed by atoms with Crippen molar-refractivity contribution in [2.24, 2.45) is 0 Å². The largest absolute Gasteiger partial charge is 0.371 e. The average Bonchev–Trinajstić information content (AvgIpc) is 2.27. The predicted molar refractivity (Wildman–Crippen MR) is 59.7 cm³/mol. The Morgan fingerprint density at radius 2 is 2.13 bits per heavy atom. The summed E-state index contributed by atoms with van der Waals surface area (Å²) in [6.45, 7) is 2.03. The lowest BCUT2D eigenvalue weighted by Gasteiger charge is -2.14. The van der Waals surface area contributed by atoms with Crippen LogP contribution in [0.25, 0.3) is 0 Å². The van der Waals surface area contributed by atoms with Crippen LogP contribution in [-0.4, -0.2) is 26.2 Å². The van der Waals surface area contributed by atoms with Gasteiger partial charge in [-0.1, -0.05) is 24.3 Å². The Kier molecular flexibility index (Phi) is 4.31. The molecular weight excluding hydrogens is 190 g/mol. The second-order valence-electron chi connectivity index (χ2n) is 3.47. The number of hydrogen-bond donors (Lipinski definition) is 1. The number of rotatable bonds is 4. The van der Waals surface area contributed by atoms with Crippen molar-refractivity contribution in [1.29, 1.82) is 0 Å². The van der Waals surface area contributed by atoms with Crippen molar-refractivity contribution in [1.82, 2.24) is 5.32 Å². The summed E-state index contributed by atoms with van der Waals surface area (Å²) in [4.78, 5) is 11.4. The number of benzene rings is 1. The molecule has 0 aliphatic carbocycles. The van der Waals surface area contributed by atoms with Crippen LogP contribution in [0.5, 0.6) is 0 Å². The fraction of sp³-hybridized carbons (Fsp3) is 0.417. The van der Waals surface area contributed by atoms with Crippen LogP contribution in [0.2, 0.25) is 0 Å². The normalized spacial score (nSPS) is 12.2. The highest BCUT2D eigenvalue weighted by molar-refractivity contribution is 5.80. The third kappa shape index (κ3) is 3.06. The Balaban J connectivity index is 2.75. The van der Waals surface area contributed by atoms with Crippen LogP contribution in [0.3, 0.4) is 0 Å². The van der Waals surface area contributed by atoms with Gasteiger partial charge in [-0.3, -0.25) is 4.79 Å². The summed E-state index contributed by atoms with van der Waals surface area (Å²) in [5.41, 5.74) is 2.33. The third-order valence-corrected chi connectivity index (χ3v) is 2.49. The van der Waals surface area contributed by atoms with E-state index in [4.69, 9.17) is 4.74 Å². The van der Waals surface area contributed by atoms with Crippen molar-refractivity contribution in [2.75, 3.05) is 14.2 Å². The molecule has 0 spiro atoms. The number of hydrogen-bond acceptors (Lipinski definition) is 2. The van der Waals surface area contributed by atoms with Crippen LogP contribution in [-0.2, 0) is 16.0 Å². The molecule has 0 saturated carbocycles. The molecule has 82 valence electrons. The molecule has 0 aliphatic rings. The zero-order valence-electron chi connectivity index (χ0n) is 9.41. The Bertz CT molecular complexity index is 336. The van der Waals surface area contributed by atoms with Gasteiger partial charge in [0, 0.05) is 20.6 Å². The Hall–Kier alpha value is -1.35. The maximum atomic E-state index is 11.4. The molecule has 1 rings (SSSR count). The Morgan fingerprint density at radius 3 is 2.67 bits per heavy atom. The molecule has 0 radical (unpaired) electrons. The maximum absolute atomic E-state index is 11.4. The first-order chi connectivity index (χ1) is 7.19. The molecule has 3 nitrogen and oxygen atoms in total. The monoisotopic (exact) mass is 207 g/mol. The van der Waals surface area contributed by atoms with Crippen LogP contribution in [0.15, 0.2) is 24.3 Å². The quantitative estimate of drug-likeness (QED) is 0.808. The standard InChI is InChI=1S/C12H17NO2/c1-9-6-4-5-7-10(9)8-11(15-3)12(14)13-2/h4-7,11H,8H2,1-3H3,(H,13,14).